The van der Waals surface area contributed by atoms with E-state index >= 15 is 0 Å². The van der Waals surface area contributed by atoms with Crippen LogP contribution in [0.25, 0.3) is 0 Å². The number of hydrogen-bond acceptors (Lipinski definition) is 5. The van der Waals surface area contributed by atoms with Crippen LogP contribution >= 0.6 is 0 Å². The van der Waals surface area contributed by atoms with Crippen molar-refractivity contribution in [3.63, 3.8) is 0 Å². The van der Waals surface area contributed by atoms with Crippen molar-refractivity contribution in [2.24, 2.45) is 0 Å². The van der Waals surface area contributed by atoms with Gasteiger partial charge in [-0.3, -0.25) is 4.79 Å². The summed E-state index contributed by atoms with van der Waals surface area (Å²) in [5.74, 6) is 0.983. The second kappa shape index (κ2) is 7.04. The lowest BCUT2D eigenvalue weighted by atomic mass is 10.3. The summed E-state index contributed by atoms with van der Waals surface area (Å²) in [6.07, 6.45) is 4.07. The van der Waals surface area contributed by atoms with Crippen LogP contribution in [-0.4, -0.2) is 60.0 Å². The lowest BCUT2D eigenvalue weighted by Crippen LogP contribution is -2.49. The number of anilines is 1. The summed E-state index contributed by atoms with van der Waals surface area (Å²) in [5, 5.41) is 3.17. The molecule has 1 aliphatic rings. The van der Waals surface area contributed by atoms with Gasteiger partial charge in [-0.25, -0.2) is 9.97 Å². The van der Waals surface area contributed by atoms with Crippen molar-refractivity contribution in [1.82, 2.24) is 20.2 Å². The monoisotopic (exact) mass is 263 g/mol. The molecule has 19 heavy (non-hydrogen) atoms. The molecule has 0 unspecified atom stereocenters. The summed E-state index contributed by atoms with van der Waals surface area (Å²) in [4.78, 5) is 24.5. The number of piperazine rings is 1. The molecule has 0 aliphatic carbocycles. The molecule has 6 heteroatoms. The number of nitrogens with one attached hydrogen (secondary N) is 1. The number of carbonyl (C=O) groups excluding carboxylic acids is 1. The van der Waals surface area contributed by atoms with Gasteiger partial charge in [0.1, 0.15) is 0 Å². The predicted octanol–water partition coefficient (Wildman–Crippen LogP) is 0.125. The maximum Gasteiger partial charge on any atom is 0.225 e. The lowest BCUT2D eigenvalue weighted by molar-refractivity contribution is -0.131. The van der Waals surface area contributed by atoms with Gasteiger partial charge in [0.15, 0.2) is 0 Å². The summed E-state index contributed by atoms with van der Waals surface area (Å²) in [7, 11) is 0. The van der Waals surface area contributed by atoms with Crippen LogP contribution in [0.4, 0.5) is 5.95 Å². The second-order valence-electron chi connectivity index (χ2n) is 4.52. The van der Waals surface area contributed by atoms with Gasteiger partial charge < -0.3 is 15.1 Å². The van der Waals surface area contributed by atoms with Gasteiger partial charge in [0.05, 0.1) is 0 Å². The average molecular weight is 263 g/mol. The Balaban J connectivity index is 1.77. The molecule has 1 aliphatic heterocycles. The molecule has 2 rings (SSSR count). The largest absolute Gasteiger partial charge is 0.339 e. The van der Waals surface area contributed by atoms with Crippen LogP contribution in [0.15, 0.2) is 18.5 Å². The van der Waals surface area contributed by atoms with Gasteiger partial charge in [0.25, 0.3) is 0 Å². The molecule has 1 aromatic rings. The van der Waals surface area contributed by atoms with Crippen LogP contribution in [0.1, 0.15) is 13.3 Å². The Morgan fingerprint density at radius 3 is 2.58 bits per heavy atom. The fourth-order valence-electron chi connectivity index (χ4n) is 2.14. The van der Waals surface area contributed by atoms with Crippen LogP contribution in [0, 0.1) is 0 Å². The first-order chi connectivity index (χ1) is 9.31. The smallest absolute Gasteiger partial charge is 0.225 e. The summed E-state index contributed by atoms with van der Waals surface area (Å²) >= 11 is 0. The minimum atomic E-state index is 0.231. The zero-order valence-electron chi connectivity index (χ0n) is 11.4. The van der Waals surface area contributed by atoms with E-state index in [1.807, 2.05) is 17.9 Å². The molecule has 0 spiro atoms. The molecule has 2 heterocycles. The Hall–Kier alpha value is -1.69. The van der Waals surface area contributed by atoms with E-state index in [2.05, 4.69) is 20.2 Å². The zero-order chi connectivity index (χ0) is 13.5. The van der Waals surface area contributed by atoms with Crippen molar-refractivity contribution in [1.29, 1.82) is 0 Å². The van der Waals surface area contributed by atoms with E-state index in [1.165, 1.54) is 0 Å². The van der Waals surface area contributed by atoms with Gasteiger partial charge in [0.2, 0.25) is 11.9 Å². The van der Waals surface area contributed by atoms with Crippen molar-refractivity contribution >= 4 is 11.9 Å². The van der Waals surface area contributed by atoms with Crippen molar-refractivity contribution in [3.8, 4) is 0 Å². The summed E-state index contributed by atoms with van der Waals surface area (Å²) < 4.78 is 0. The molecular weight excluding hydrogens is 242 g/mol. The summed E-state index contributed by atoms with van der Waals surface area (Å²) in [5.41, 5.74) is 0. The van der Waals surface area contributed by atoms with Crippen molar-refractivity contribution < 1.29 is 4.79 Å². The first-order valence-electron chi connectivity index (χ1n) is 6.81. The molecule has 1 amide bonds. The van der Waals surface area contributed by atoms with Crippen LogP contribution < -0.4 is 10.2 Å². The SMILES string of the molecule is CCNCCC(=O)N1CCN(c2ncccn2)CC1. The Morgan fingerprint density at radius 2 is 1.95 bits per heavy atom. The number of aromatic nitrogens is 2. The van der Waals surface area contributed by atoms with Crippen molar-refractivity contribution in [2.75, 3.05) is 44.2 Å². The van der Waals surface area contributed by atoms with Crippen molar-refractivity contribution in [3.05, 3.63) is 18.5 Å². The van der Waals surface area contributed by atoms with E-state index in [0.29, 0.717) is 6.42 Å². The van der Waals surface area contributed by atoms with Gasteiger partial charge >= 0.3 is 0 Å². The number of hydrogen-bond donors (Lipinski definition) is 1. The van der Waals surface area contributed by atoms with E-state index in [0.717, 1.165) is 45.2 Å². The lowest BCUT2D eigenvalue weighted by Gasteiger charge is -2.34. The molecule has 0 aromatic carbocycles. The maximum atomic E-state index is 12.0. The quantitative estimate of drug-likeness (QED) is 0.765. The fourth-order valence-corrected chi connectivity index (χ4v) is 2.14. The third-order valence-electron chi connectivity index (χ3n) is 3.23. The van der Waals surface area contributed by atoms with Crippen LogP contribution in [0.5, 0.6) is 0 Å². The van der Waals surface area contributed by atoms with Gasteiger partial charge in [-0.1, -0.05) is 6.92 Å². The number of amides is 1. The number of nitrogens with zero attached hydrogens (tertiary/aromatic N) is 4. The molecule has 1 saturated heterocycles. The molecule has 0 radical (unpaired) electrons. The van der Waals surface area contributed by atoms with E-state index in [4.69, 9.17) is 0 Å². The van der Waals surface area contributed by atoms with Crippen LogP contribution in [-0.2, 0) is 4.79 Å². The van der Waals surface area contributed by atoms with E-state index in [9.17, 15) is 4.79 Å². The standard InChI is InChI=1S/C13H21N5O/c1-2-14-7-4-12(19)17-8-10-18(11-9-17)13-15-5-3-6-16-13/h3,5-6,14H,2,4,7-11H2,1H3. The Bertz CT molecular complexity index is 389. The molecule has 1 aromatic heterocycles. The topological polar surface area (TPSA) is 61.4 Å². The molecule has 6 nitrogen and oxygen atoms in total. The minimum absolute atomic E-state index is 0.231. The number of carbonyl (C=O) groups is 1. The highest BCUT2D eigenvalue weighted by Gasteiger charge is 2.21. The molecule has 0 saturated carbocycles. The summed E-state index contributed by atoms with van der Waals surface area (Å²) in [6.45, 7) is 6.83. The molecular formula is C13H21N5O. The Kier molecular flexibility index (Phi) is 5.09. The summed E-state index contributed by atoms with van der Waals surface area (Å²) in [6, 6.07) is 1.81. The van der Waals surface area contributed by atoms with Crippen molar-refractivity contribution in [2.45, 2.75) is 13.3 Å². The fraction of sp³-hybridized carbons (Fsp3) is 0.615. The third-order valence-corrected chi connectivity index (χ3v) is 3.23. The third kappa shape index (κ3) is 3.89. The van der Waals surface area contributed by atoms with Crippen LogP contribution in [0.3, 0.4) is 0 Å². The highest BCUT2D eigenvalue weighted by atomic mass is 16.2. The van der Waals surface area contributed by atoms with Gasteiger partial charge in [-0.05, 0) is 12.6 Å². The van der Waals surface area contributed by atoms with Gasteiger partial charge in [-0.2, -0.15) is 0 Å². The minimum Gasteiger partial charge on any atom is -0.339 e. The Labute approximate surface area is 113 Å². The predicted molar refractivity (Wildman–Crippen MR) is 74.0 cm³/mol. The van der Waals surface area contributed by atoms with Gasteiger partial charge in [-0.15, -0.1) is 0 Å². The van der Waals surface area contributed by atoms with Crippen LogP contribution in [0.2, 0.25) is 0 Å². The second-order valence-corrected chi connectivity index (χ2v) is 4.52. The Morgan fingerprint density at radius 1 is 1.26 bits per heavy atom. The molecule has 1 N–H and O–H groups in total. The highest BCUT2D eigenvalue weighted by molar-refractivity contribution is 5.76. The molecule has 0 atom stereocenters. The van der Waals surface area contributed by atoms with E-state index in [1.54, 1.807) is 12.4 Å². The molecule has 0 bridgehead atoms. The van der Waals surface area contributed by atoms with Gasteiger partial charge in [0, 0.05) is 51.5 Å². The molecule has 1 fully saturated rings. The van der Waals surface area contributed by atoms with E-state index in [-0.39, 0.29) is 5.91 Å². The average Bonchev–Trinajstić information content (AvgIpc) is 2.48. The first kappa shape index (κ1) is 13.7. The van der Waals surface area contributed by atoms with E-state index < -0.39 is 0 Å². The first-order valence-corrected chi connectivity index (χ1v) is 6.81. The number of rotatable bonds is 5. The zero-order valence-corrected chi connectivity index (χ0v) is 11.4. The maximum absolute atomic E-state index is 12.0. The normalized spacial score (nSPS) is 15.6. The highest BCUT2D eigenvalue weighted by Crippen LogP contribution is 2.10. The molecule has 104 valence electrons.